The van der Waals surface area contributed by atoms with Crippen molar-refractivity contribution in [3.05, 3.63) is 241 Å². The normalized spacial score (nSPS) is 20.3. The summed E-state index contributed by atoms with van der Waals surface area (Å²) in [6.07, 6.45) is 18.1. The number of piperidine rings is 6. The van der Waals surface area contributed by atoms with Gasteiger partial charge >= 0.3 is 6.18 Å². The van der Waals surface area contributed by atoms with Gasteiger partial charge in [0.05, 0.1) is 6.54 Å². The van der Waals surface area contributed by atoms with Crippen LogP contribution in [0.4, 0.5) is 44.7 Å². The van der Waals surface area contributed by atoms with Gasteiger partial charge in [-0.15, -0.1) is 0 Å². The molecule has 1 aliphatic carbocycles. The predicted molar refractivity (Wildman–Crippen MR) is 533 cm³/mol. The van der Waals surface area contributed by atoms with Gasteiger partial charge in [-0.25, -0.2) is 13.8 Å². The molecule has 132 heavy (non-hydrogen) atoms. The number of nitrogens with one attached hydrogen (secondary N) is 7. The molecule has 8 aromatic carbocycles. The van der Waals surface area contributed by atoms with E-state index in [0.29, 0.717) is 61.8 Å². The molecule has 12 heterocycles. The number of para-hydroxylation sites is 1. The van der Waals surface area contributed by atoms with E-state index in [0.717, 1.165) is 185 Å². The molecule has 7 N–H and O–H groups in total. The standard InChI is InChI=1S/C29H37N3.C28H38FN5.C27H34F3N5.C24H27FN6/c1-31-27-9-5-10-28(31)20-26(19-27)30-25-12-14-32(15-13-25)29-11-4-8-23(18-29)24-16-21-6-2-3-7-22(21)17-24;1-21(2)33-17-15-32(16-18-33)14-11-30-23-9-12-34(13-10-23)24-6-3-5-22(19-24)28-20-25-26(29)7-4-8-27(25)31-28;28-27(29,30)20-34-16-14-33(15-17-34)13-10-31-23-8-11-35(12-9-23)24-6-3-5-21(18-24)26-19-22-4-1-2-7-25(22)32-26;1-30-24(27-16-28-30)7-10-26-20-8-11-31(12-9-20)21-4-2-3-17(14-21)23-15-18-13-19(25)5-6-22(18)29-23/h2-4,6-8,11,16,18,25-28,30H,5,9-10,12-15,17,19-20H2,1H3;3-8,19-21,23,30-31H,9-18H2,1-2H3;1-7,18-19,23,31-32H,8-17,20H2;2-6,13-16,20,26,29H,7-12H2,1H3/t26?,27-,28+;;;. The second kappa shape index (κ2) is 43.4. The quantitative estimate of drug-likeness (QED) is 0.0287. The van der Waals surface area contributed by atoms with Crippen molar-refractivity contribution >= 4 is 67.1 Å². The maximum absolute atomic E-state index is 14.1. The molecule has 8 saturated heterocycles. The highest BCUT2D eigenvalue weighted by Crippen LogP contribution is 2.39. The van der Waals surface area contributed by atoms with Gasteiger partial charge in [0.15, 0.2) is 0 Å². The fourth-order valence-corrected chi connectivity index (χ4v) is 21.9. The summed E-state index contributed by atoms with van der Waals surface area (Å²) >= 11 is 0. The number of aryl methyl sites for hydroxylation is 1. The number of fused-ring (bicyclic) bond motifs is 6. The van der Waals surface area contributed by atoms with Gasteiger partial charge in [0.1, 0.15) is 23.8 Å². The zero-order chi connectivity index (χ0) is 90.4. The molecule has 9 aliphatic rings. The van der Waals surface area contributed by atoms with Crippen LogP contribution in [0.2, 0.25) is 0 Å². The van der Waals surface area contributed by atoms with Crippen molar-refractivity contribution in [2.24, 2.45) is 7.05 Å². The van der Waals surface area contributed by atoms with Gasteiger partial charge in [0.2, 0.25) is 0 Å². The van der Waals surface area contributed by atoms with Crippen LogP contribution in [0.25, 0.3) is 78.1 Å². The van der Waals surface area contributed by atoms with Crippen molar-refractivity contribution in [3.63, 3.8) is 0 Å². The number of aromatic amines is 3. The lowest BCUT2D eigenvalue weighted by Gasteiger charge is -2.48. The van der Waals surface area contributed by atoms with Crippen LogP contribution in [0.5, 0.6) is 0 Å². The first-order valence-electron chi connectivity index (χ1n) is 49.2. The van der Waals surface area contributed by atoms with E-state index in [1.165, 1.54) is 170 Å². The smallest absolute Gasteiger partial charge is 0.371 e. The van der Waals surface area contributed by atoms with E-state index in [2.05, 4.69) is 264 Å². The molecule has 0 spiro atoms. The van der Waals surface area contributed by atoms with Crippen LogP contribution >= 0.6 is 0 Å². The van der Waals surface area contributed by atoms with Crippen LogP contribution in [0.3, 0.4) is 0 Å². The number of hydrogen-bond donors (Lipinski definition) is 7. The van der Waals surface area contributed by atoms with Crippen molar-refractivity contribution < 1.29 is 22.0 Å². The van der Waals surface area contributed by atoms with E-state index >= 15 is 0 Å². The zero-order valence-electron chi connectivity index (χ0n) is 77.7. The molecule has 0 radical (unpaired) electrons. The zero-order valence-corrected chi connectivity index (χ0v) is 77.7. The molecule has 24 heteroatoms. The summed E-state index contributed by atoms with van der Waals surface area (Å²) in [5.74, 6) is 0.630. The Kier molecular flexibility index (Phi) is 30.3. The van der Waals surface area contributed by atoms with E-state index in [9.17, 15) is 22.0 Å². The van der Waals surface area contributed by atoms with Gasteiger partial charge < -0.3 is 60.7 Å². The SMILES string of the molecule is CC(C)N1CCN(CCNC2CCN(c3cccc(-c4cc5c(F)cccc5[nH]4)c3)CC2)CC1.CN1[C@@H]2CCC[C@H]1CC(NC1CCN(c3cccc(C4=Cc5ccccc5C4)c3)CC1)C2.Cn1ncnc1CCNC1CCN(c2cccc(-c3cc4cc(F)ccc4[nH]3)c2)CC1.FC(F)(F)CN1CCN(CCNC2CCN(c3cccc(-c4cc5ccccc5[nH]4)c3)CC2)CC1. The molecule has 8 fully saturated rings. The summed E-state index contributed by atoms with van der Waals surface area (Å²) in [7, 11) is 4.29. The number of allylic oxidation sites excluding steroid dienone is 1. The molecule has 12 aromatic rings. The number of nitrogens with zero attached hydrogens (tertiary/aromatic N) is 12. The van der Waals surface area contributed by atoms with Gasteiger partial charge in [-0.3, -0.25) is 24.3 Å². The average Bonchev–Trinajstić information content (AvgIpc) is 1.79. The monoisotopic (exact) mass is 1790 g/mol. The number of halogens is 5. The van der Waals surface area contributed by atoms with Gasteiger partial charge in [-0.05, 0) is 241 Å². The van der Waals surface area contributed by atoms with E-state index in [1.807, 2.05) is 29.9 Å². The highest BCUT2D eigenvalue weighted by Gasteiger charge is 2.38. The Hall–Kier alpha value is -10.3. The number of hydrogen-bond acceptors (Lipinski definition) is 15. The summed E-state index contributed by atoms with van der Waals surface area (Å²) in [6, 6.07) is 73.9. The minimum Gasteiger partial charge on any atom is -0.371 e. The molecule has 8 aliphatic heterocycles. The Labute approximate surface area is 777 Å². The number of aromatic nitrogens is 6. The van der Waals surface area contributed by atoms with Crippen LogP contribution in [0.15, 0.2) is 207 Å². The summed E-state index contributed by atoms with van der Waals surface area (Å²) in [5.41, 5.74) is 20.3. The third kappa shape index (κ3) is 23.9. The third-order valence-corrected chi connectivity index (χ3v) is 29.7. The molecule has 3 atom stereocenters. The Bertz CT molecular complexity index is 5680. The van der Waals surface area contributed by atoms with Gasteiger partial charge in [0.25, 0.3) is 0 Å². The van der Waals surface area contributed by atoms with Crippen molar-refractivity contribution in [1.82, 2.24) is 75.5 Å². The topological polar surface area (TPSA) is 155 Å². The predicted octanol–water partition coefficient (Wildman–Crippen LogP) is 18.4. The Balaban J connectivity index is 0.000000118. The van der Waals surface area contributed by atoms with Crippen LogP contribution in [-0.4, -0.2) is 260 Å². The number of H-pyrrole nitrogens is 3. The molecule has 2 bridgehead atoms. The van der Waals surface area contributed by atoms with E-state index in [1.54, 1.807) is 24.5 Å². The molecule has 698 valence electrons. The van der Waals surface area contributed by atoms with Crippen LogP contribution in [0, 0.1) is 11.6 Å². The van der Waals surface area contributed by atoms with Gasteiger partial charge in [-0.1, -0.05) is 110 Å². The van der Waals surface area contributed by atoms with Crippen LogP contribution in [-0.2, 0) is 19.9 Å². The molecule has 21 rings (SSSR count). The number of benzene rings is 8. The molecule has 4 aromatic heterocycles. The minimum atomic E-state index is -4.10. The molecule has 19 nitrogen and oxygen atoms in total. The number of piperazine rings is 2. The third-order valence-electron chi connectivity index (χ3n) is 29.7. The summed E-state index contributed by atoms with van der Waals surface area (Å²) < 4.78 is 67.1. The average molecular weight is 1800 g/mol. The molecule has 0 amide bonds. The number of anilines is 4. The number of alkyl halides is 3. The first kappa shape index (κ1) is 92.2. The minimum absolute atomic E-state index is 0.177. The van der Waals surface area contributed by atoms with Crippen molar-refractivity contribution in [2.75, 3.05) is 171 Å². The Morgan fingerprint density at radius 2 is 0.902 bits per heavy atom. The Morgan fingerprint density at radius 1 is 0.432 bits per heavy atom. The fraction of sp³-hybridized carbons (Fsp3) is 0.463. The van der Waals surface area contributed by atoms with Gasteiger partial charge in [0, 0.05) is 277 Å². The lowest BCUT2D eigenvalue weighted by Crippen LogP contribution is -2.56. The van der Waals surface area contributed by atoms with E-state index < -0.39 is 12.7 Å². The fourth-order valence-electron chi connectivity index (χ4n) is 21.9. The van der Waals surface area contributed by atoms with Crippen molar-refractivity contribution in [3.8, 4) is 33.8 Å². The molecular formula is C108H136F5N19. The highest BCUT2D eigenvalue weighted by atomic mass is 19.4. The van der Waals surface area contributed by atoms with Crippen LogP contribution < -0.4 is 40.9 Å². The lowest BCUT2D eigenvalue weighted by molar-refractivity contribution is -0.149. The van der Waals surface area contributed by atoms with Crippen molar-refractivity contribution in [1.29, 1.82) is 0 Å². The molecule has 0 saturated carbocycles. The largest absolute Gasteiger partial charge is 0.401 e. The van der Waals surface area contributed by atoms with Crippen molar-refractivity contribution in [2.45, 2.75) is 165 Å². The Morgan fingerprint density at radius 3 is 1.43 bits per heavy atom. The lowest BCUT2D eigenvalue weighted by atomic mass is 9.82. The molecule has 1 unspecified atom stereocenters. The van der Waals surface area contributed by atoms with E-state index in [4.69, 9.17) is 0 Å². The van der Waals surface area contributed by atoms with Crippen LogP contribution in [0.1, 0.15) is 120 Å². The molecular weight excluding hydrogens is 1660 g/mol. The first-order valence-corrected chi connectivity index (χ1v) is 49.2. The second-order valence-electron chi connectivity index (χ2n) is 38.7. The first-order chi connectivity index (χ1) is 64.4. The highest BCUT2D eigenvalue weighted by molar-refractivity contribution is 5.91. The maximum Gasteiger partial charge on any atom is 0.401 e. The van der Waals surface area contributed by atoms with E-state index in [-0.39, 0.29) is 11.6 Å². The summed E-state index contributed by atoms with van der Waals surface area (Å²) in [6.45, 7) is 24.5. The van der Waals surface area contributed by atoms with Gasteiger partial charge in [-0.2, -0.15) is 18.3 Å². The summed E-state index contributed by atoms with van der Waals surface area (Å²) in [4.78, 5) is 36.2. The second-order valence-corrected chi connectivity index (χ2v) is 38.7. The number of rotatable bonds is 24. The maximum atomic E-state index is 14.1. The summed E-state index contributed by atoms with van der Waals surface area (Å²) in [5, 5.41) is 22.1.